The number of barbiturate groups is 1. The zero-order valence-corrected chi connectivity index (χ0v) is 16.1. The van der Waals surface area contributed by atoms with Crippen molar-refractivity contribution in [2.45, 2.75) is 13.5 Å². The number of hydrogen-bond acceptors (Lipinski definition) is 5. The number of benzene rings is 2. The number of hydrogen-bond donors (Lipinski definition) is 1. The van der Waals surface area contributed by atoms with Crippen molar-refractivity contribution in [1.82, 2.24) is 5.32 Å². The van der Waals surface area contributed by atoms with Crippen LogP contribution in [0.5, 0.6) is 5.75 Å². The summed E-state index contributed by atoms with van der Waals surface area (Å²) < 4.78 is 5.08. The molecule has 2 aromatic rings. The summed E-state index contributed by atoms with van der Waals surface area (Å²) in [5, 5.41) is 2.77. The SMILES string of the molecule is COc1ccc(N2C(=O)NC(=O)C(C(C)=NCc3ccccc3Cl)C2=O)cc1. The molecule has 8 heteroatoms. The van der Waals surface area contributed by atoms with Crippen molar-refractivity contribution in [1.29, 1.82) is 0 Å². The molecule has 2 aromatic carbocycles. The Hall–Kier alpha value is -3.19. The van der Waals surface area contributed by atoms with Gasteiger partial charge >= 0.3 is 6.03 Å². The van der Waals surface area contributed by atoms with E-state index in [0.717, 1.165) is 10.5 Å². The molecule has 0 radical (unpaired) electrons. The van der Waals surface area contributed by atoms with Crippen LogP contribution in [0.15, 0.2) is 53.5 Å². The molecule has 7 nitrogen and oxygen atoms in total. The van der Waals surface area contributed by atoms with Crippen LogP contribution in [0, 0.1) is 5.92 Å². The van der Waals surface area contributed by atoms with Crippen LogP contribution >= 0.6 is 11.6 Å². The molecule has 0 spiro atoms. The maximum Gasteiger partial charge on any atom is 0.335 e. The fraction of sp³-hybridized carbons (Fsp3) is 0.200. The predicted octanol–water partition coefficient (Wildman–Crippen LogP) is 3.21. The Kier molecular flexibility index (Phi) is 5.75. The van der Waals surface area contributed by atoms with E-state index in [1.54, 1.807) is 43.3 Å². The van der Waals surface area contributed by atoms with Gasteiger partial charge in [-0.15, -0.1) is 0 Å². The van der Waals surface area contributed by atoms with Crippen LogP contribution in [-0.4, -0.2) is 30.7 Å². The van der Waals surface area contributed by atoms with Gasteiger partial charge in [-0.2, -0.15) is 0 Å². The monoisotopic (exact) mass is 399 g/mol. The lowest BCUT2D eigenvalue weighted by Crippen LogP contribution is -2.60. The molecule has 0 saturated carbocycles. The first-order valence-corrected chi connectivity index (χ1v) is 8.87. The van der Waals surface area contributed by atoms with Crippen molar-refractivity contribution in [2.24, 2.45) is 10.9 Å². The molecule has 0 aromatic heterocycles. The van der Waals surface area contributed by atoms with Gasteiger partial charge in [0, 0.05) is 10.7 Å². The number of carbonyl (C=O) groups is 3. The highest BCUT2D eigenvalue weighted by Gasteiger charge is 2.42. The summed E-state index contributed by atoms with van der Waals surface area (Å²) in [7, 11) is 1.52. The summed E-state index contributed by atoms with van der Waals surface area (Å²) in [4.78, 5) is 42.8. The van der Waals surface area contributed by atoms with Gasteiger partial charge in [0.1, 0.15) is 5.75 Å². The third-order valence-electron chi connectivity index (χ3n) is 4.37. The predicted molar refractivity (Wildman–Crippen MR) is 106 cm³/mol. The molecular formula is C20H18ClN3O4. The number of imide groups is 2. The van der Waals surface area contributed by atoms with Gasteiger partial charge in [0.25, 0.3) is 5.91 Å². The second-order valence-electron chi connectivity index (χ2n) is 6.15. The van der Waals surface area contributed by atoms with Gasteiger partial charge in [-0.05, 0) is 42.8 Å². The Morgan fingerprint density at radius 3 is 2.46 bits per heavy atom. The van der Waals surface area contributed by atoms with Crippen molar-refractivity contribution >= 4 is 40.8 Å². The minimum Gasteiger partial charge on any atom is -0.497 e. The first-order chi connectivity index (χ1) is 13.4. The number of urea groups is 1. The van der Waals surface area contributed by atoms with Crippen molar-refractivity contribution < 1.29 is 19.1 Å². The van der Waals surface area contributed by atoms with Crippen LogP contribution in [-0.2, 0) is 16.1 Å². The van der Waals surface area contributed by atoms with Gasteiger partial charge < -0.3 is 4.74 Å². The number of halogens is 1. The second-order valence-corrected chi connectivity index (χ2v) is 6.56. The Balaban J connectivity index is 1.86. The fourth-order valence-corrected chi connectivity index (χ4v) is 3.04. The Bertz CT molecular complexity index is 956. The molecule has 0 bridgehead atoms. The number of amides is 4. The second kappa shape index (κ2) is 8.22. The van der Waals surface area contributed by atoms with Crippen LogP contribution in [0.2, 0.25) is 5.02 Å². The lowest BCUT2D eigenvalue weighted by molar-refractivity contribution is -0.131. The Labute approximate surface area is 167 Å². The average Bonchev–Trinajstić information content (AvgIpc) is 2.67. The number of aliphatic imine (C=N–C) groups is 1. The number of carbonyl (C=O) groups excluding carboxylic acids is 3. The van der Waals surface area contributed by atoms with E-state index >= 15 is 0 Å². The number of rotatable bonds is 5. The number of nitrogens with zero attached hydrogens (tertiary/aromatic N) is 2. The van der Waals surface area contributed by atoms with Gasteiger partial charge in [-0.25, -0.2) is 9.69 Å². The topological polar surface area (TPSA) is 88.1 Å². The minimum absolute atomic E-state index is 0.221. The van der Waals surface area contributed by atoms with E-state index < -0.39 is 23.8 Å². The summed E-state index contributed by atoms with van der Waals surface area (Å²) in [5.41, 5.74) is 1.41. The first kappa shape index (κ1) is 19.6. The third-order valence-corrected chi connectivity index (χ3v) is 4.74. The highest BCUT2D eigenvalue weighted by atomic mass is 35.5. The fourth-order valence-electron chi connectivity index (χ4n) is 2.85. The summed E-state index contributed by atoms with van der Waals surface area (Å²) >= 11 is 6.12. The molecule has 3 rings (SSSR count). The number of nitrogens with one attached hydrogen (secondary N) is 1. The lowest BCUT2D eigenvalue weighted by atomic mass is 9.99. The summed E-state index contributed by atoms with van der Waals surface area (Å²) in [6, 6.07) is 12.8. The van der Waals surface area contributed by atoms with E-state index in [9.17, 15) is 14.4 Å². The summed E-state index contributed by atoms with van der Waals surface area (Å²) in [6.07, 6.45) is 0. The molecule has 144 valence electrons. The van der Waals surface area contributed by atoms with Crippen molar-refractivity contribution in [3.8, 4) is 5.75 Å². The van der Waals surface area contributed by atoms with Crippen molar-refractivity contribution in [2.75, 3.05) is 12.0 Å². The van der Waals surface area contributed by atoms with Gasteiger partial charge in [-0.1, -0.05) is 29.8 Å². The molecule has 1 fully saturated rings. The van der Waals surface area contributed by atoms with Crippen LogP contribution in [0.4, 0.5) is 10.5 Å². The maximum atomic E-state index is 12.9. The van der Waals surface area contributed by atoms with E-state index in [0.29, 0.717) is 22.2 Å². The quantitative estimate of drug-likeness (QED) is 0.617. The molecule has 1 atom stereocenters. The van der Waals surface area contributed by atoms with E-state index in [4.69, 9.17) is 16.3 Å². The standard InChI is InChI=1S/C20H18ClN3O4/c1-12(22-11-13-5-3-4-6-16(13)21)17-18(25)23-20(27)24(19(17)26)14-7-9-15(28-2)10-8-14/h3-10,17H,11H2,1-2H3,(H,23,25,27). The molecule has 1 heterocycles. The minimum atomic E-state index is -1.19. The van der Waals surface area contributed by atoms with E-state index in [1.165, 1.54) is 7.11 Å². The summed E-state index contributed by atoms with van der Waals surface area (Å²) in [5.74, 6) is -1.96. The molecule has 1 N–H and O–H groups in total. The smallest absolute Gasteiger partial charge is 0.335 e. The number of methoxy groups -OCH3 is 1. The van der Waals surface area contributed by atoms with Crippen LogP contribution in [0.3, 0.4) is 0 Å². The van der Waals surface area contributed by atoms with E-state index in [2.05, 4.69) is 10.3 Å². The van der Waals surface area contributed by atoms with Crippen LogP contribution in [0.1, 0.15) is 12.5 Å². The third kappa shape index (κ3) is 3.89. The van der Waals surface area contributed by atoms with E-state index in [1.807, 2.05) is 12.1 Å². The highest BCUT2D eigenvalue weighted by Crippen LogP contribution is 2.24. The zero-order valence-electron chi connectivity index (χ0n) is 15.3. The van der Waals surface area contributed by atoms with Gasteiger partial charge in [0.15, 0.2) is 5.92 Å². The normalized spacial score (nSPS) is 17.5. The zero-order chi connectivity index (χ0) is 20.3. The maximum absolute atomic E-state index is 12.9. The van der Waals surface area contributed by atoms with E-state index in [-0.39, 0.29) is 6.54 Å². The first-order valence-electron chi connectivity index (χ1n) is 8.49. The van der Waals surface area contributed by atoms with Gasteiger partial charge in [-0.3, -0.25) is 19.9 Å². The molecule has 1 saturated heterocycles. The van der Waals surface area contributed by atoms with Crippen molar-refractivity contribution in [3.63, 3.8) is 0 Å². The lowest BCUT2D eigenvalue weighted by Gasteiger charge is -2.30. The average molecular weight is 400 g/mol. The summed E-state index contributed by atoms with van der Waals surface area (Å²) in [6.45, 7) is 1.81. The van der Waals surface area contributed by atoms with Gasteiger partial charge in [0.2, 0.25) is 5.91 Å². The number of anilines is 1. The van der Waals surface area contributed by atoms with Crippen LogP contribution in [0.25, 0.3) is 0 Å². The molecule has 0 aliphatic carbocycles. The molecular weight excluding hydrogens is 382 g/mol. The Morgan fingerprint density at radius 1 is 1.14 bits per heavy atom. The molecule has 1 unspecified atom stereocenters. The largest absolute Gasteiger partial charge is 0.497 e. The highest BCUT2D eigenvalue weighted by molar-refractivity contribution is 6.35. The molecule has 1 aliphatic heterocycles. The van der Waals surface area contributed by atoms with Crippen LogP contribution < -0.4 is 15.0 Å². The molecule has 4 amide bonds. The number of ether oxygens (including phenoxy) is 1. The van der Waals surface area contributed by atoms with Gasteiger partial charge in [0.05, 0.1) is 19.3 Å². The molecule has 1 aliphatic rings. The molecule has 28 heavy (non-hydrogen) atoms. The Morgan fingerprint density at radius 2 is 1.82 bits per heavy atom. The van der Waals surface area contributed by atoms with Crippen molar-refractivity contribution in [3.05, 3.63) is 59.1 Å².